The third kappa shape index (κ3) is 6.88. The van der Waals surface area contributed by atoms with Crippen molar-refractivity contribution < 1.29 is 19.1 Å². The molecule has 0 radical (unpaired) electrons. The summed E-state index contributed by atoms with van der Waals surface area (Å²) in [6, 6.07) is 6.22. The fourth-order valence-electron chi connectivity index (χ4n) is 2.17. The molecule has 5 heteroatoms. The molecular weight excluding hydrogens is 273 g/mol. The number of carbonyl (C=O) groups is 2. The first-order valence-corrected chi connectivity index (χ1v) is 7.24. The van der Waals surface area contributed by atoms with Crippen LogP contribution in [0, 0.1) is 11.7 Å². The Labute approximate surface area is 124 Å². The molecule has 0 saturated heterocycles. The van der Waals surface area contributed by atoms with Gasteiger partial charge in [-0.25, -0.2) is 4.39 Å². The standard InChI is InChI=1S/C16H22FNO3/c1-2-12(7-8-16(20)21)9-10-18-15(19)11-13-5-3-4-6-14(13)17/h3-6,12H,2,7-11H2,1H3,(H,18,19)(H,20,21). The van der Waals surface area contributed by atoms with Gasteiger partial charge in [0, 0.05) is 13.0 Å². The summed E-state index contributed by atoms with van der Waals surface area (Å²) in [5.74, 6) is -1.10. The van der Waals surface area contributed by atoms with E-state index in [0.717, 1.165) is 12.8 Å². The molecule has 1 aromatic carbocycles. The molecule has 0 aliphatic carbocycles. The third-order valence-corrected chi connectivity index (χ3v) is 3.53. The summed E-state index contributed by atoms with van der Waals surface area (Å²) in [4.78, 5) is 22.3. The quantitative estimate of drug-likeness (QED) is 0.736. The molecule has 0 aliphatic heterocycles. The van der Waals surface area contributed by atoms with Gasteiger partial charge in [0.1, 0.15) is 5.82 Å². The van der Waals surface area contributed by atoms with Crippen molar-refractivity contribution in [2.45, 2.75) is 39.0 Å². The first kappa shape index (κ1) is 17.1. The fourth-order valence-corrected chi connectivity index (χ4v) is 2.17. The molecule has 1 unspecified atom stereocenters. The Morgan fingerprint density at radius 3 is 2.62 bits per heavy atom. The van der Waals surface area contributed by atoms with E-state index in [1.165, 1.54) is 6.07 Å². The van der Waals surface area contributed by atoms with Gasteiger partial charge >= 0.3 is 5.97 Å². The molecule has 1 amide bonds. The molecule has 21 heavy (non-hydrogen) atoms. The topological polar surface area (TPSA) is 66.4 Å². The molecule has 116 valence electrons. The van der Waals surface area contributed by atoms with Crippen LogP contribution in [0.3, 0.4) is 0 Å². The Morgan fingerprint density at radius 1 is 1.29 bits per heavy atom. The van der Waals surface area contributed by atoms with Gasteiger partial charge in [-0.1, -0.05) is 31.5 Å². The van der Waals surface area contributed by atoms with E-state index in [9.17, 15) is 14.0 Å². The summed E-state index contributed by atoms with van der Waals surface area (Å²) in [5, 5.41) is 11.4. The highest BCUT2D eigenvalue weighted by Gasteiger charge is 2.11. The Morgan fingerprint density at radius 2 is 2.00 bits per heavy atom. The van der Waals surface area contributed by atoms with Crippen LogP contribution in [0.15, 0.2) is 24.3 Å². The van der Waals surface area contributed by atoms with Gasteiger partial charge in [-0.05, 0) is 30.4 Å². The fraction of sp³-hybridized carbons (Fsp3) is 0.500. The Bertz CT molecular complexity index is 476. The number of carbonyl (C=O) groups excluding carboxylic acids is 1. The number of halogens is 1. The highest BCUT2D eigenvalue weighted by atomic mass is 19.1. The predicted octanol–water partition coefficient (Wildman–Crippen LogP) is 2.77. The van der Waals surface area contributed by atoms with Crippen LogP contribution in [0.5, 0.6) is 0 Å². The zero-order valence-electron chi connectivity index (χ0n) is 12.3. The number of amides is 1. The minimum Gasteiger partial charge on any atom is -0.481 e. The van der Waals surface area contributed by atoms with Gasteiger partial charge in [-0.3, -0.25) is 9.59 Å². The van der Waals surface area contributed by atoms with Gasteiger partial charge < -0.3 is 10.4 Å². The van der Waals surface area contributed by atoms with Crippen molar-refractivity contribution in [2.75, 3.05) is 6.54 Å². The summed E-state index contributed by atoms with van der Waals surface area (Å²) in [6.45, 7) is 2.50. The lowest BCUT2D eigenvalue weighted by molar-refractivity contribution is -0.137. The van der Waals surface area contributed by atoms with E-state index in [4.69, 9.17) is 5.11 Å². The molecule has 0 aromatic heterocycles. The van der Waals surface area contributed by atoms with E-state index >= 15 is 0 Å². The summed E-state index contributed by atoms with van der Waals surface area (Å²) in [6.07, 6.45) is 2.43. The van der Waals surface area contributed by atoms with E-state index in [2.05, 4.69) is 5.32 Å². The van der Waals surface area contributed by atoms with Crippen LogP contribution in [0.1, 0.15) is 38.2 Å². The summed E-state index contributed by atoms with van der Waals surface area (Å²) < 4.78 is 13.4. The molecule has 0 fully saturated rings. The predicted molar refractivity (Wildman–Crippen MR) is 78.4 cm³/mol. The van der Waals surface area contributed by atoms with Gasteiger partial charge in [-0.2, -0.15) is 0 Å². The number of benzene rings is 1. The Balaban J connectivity index is 2.29. The lowest BCUT2D eigenvalue weighted by Crippen LogP contribution is -2.27. The molecular formula is C16H22FNO3. The maximum atomic E-state index is 13.4. The molecule has 4 nitrogen and oxygen atoms in total. The number of nitrogens with one attached hydrogen (secondary N) is 1. The van der Waals surface area contributed by atoms with E-state index in [-0.39, 0.29) is 30.5 Å². The minimum absolute atomic E-state index is 0.0264. The van der Waals surface area contributed by atoms with Crippen LogP contribution < -0.4 is 5.32 Å². The van der Waals surface area contributed by atoms with Crippen molar-refractivity contribution in [3.63, 3.8) is 0 Å². The summed E-state index contributed by atoms with van der Waals surface area (Å²) in [5.41, 5.74) is 0.382. The van der Waals surface area contributed by atoms with Crippen LogP contribution in [0.2, 0.25) is 0 Å². The zero-order chi connectivity index (χ0) is 15.7. The summed E-state index contributed by atoms with van der Waals surface area (Å²) >= 11 is 0. The first-order chi connectivity index (χ1) is 10.0. The average molecular weight is 295 g/mol. The van der Waals surface area contributed by atoms with Gasteiger partial charge in [0.25, 0.3) is 0 Å². The number of carboxylic acids is 1. The molecule has 0 bridgehead atoms. The first-order valence-electron chi connectivity index (χ1n) is 7.24. The lowest BCUT2D eigenvalue weighted by Gasteiger charge is -2.14. The maximum Gasteiger partial charge on any atom is 0.303 e. The van der Waals surface area contributed by atoms with Gasteiger partial charge in [0.05, 0.1) is 6.42 Å². The van der Waals surface area contributed by atoms with Crippen LogP contribution in [0.25, 0.3) is 0 Å². The Kier molecular flexibility index (Phi) is 7.43. The van der Waals surface area contributed by atoms with Crippen molar-refractivity contribution in [1.29, 1.82) is 0 Å². The molecule has 1 atom stereocenters. The van der Waals surface area contributed by atoms with Crippen LogP contribution >= 0.6 is 0 Å². The molecule has 0 aliphatic rings. The van der Waals surface area contributed by atoms with Crippen LogP contribution in [0.4, 0.5) is 4.39 Å². The molecule has 0 saturated carbocycles. The number of rotatable bonds is 9. The average Bonchev–Trinajstić information content (AvgIpc) is 2.45. The van der Waals surface area contributed by atoms with Gasteiger partial charge in [-0.15, -0.1) is 0 Å². The number of aliphatic carboxylic acids is 1. The van der Waals surface area contributed by atoms with Crippen molar-refractivity contribution in [1.82, 2.24) is 5.32 Å². The van der Waals surface area contributed by atoms with Crippen LogP contribution in [-0.4, -0.2) is 23.5 Å². The van der Waals surface area contributed by atoms with Gasteiger partial charge in [0.2, 0.25) is 5.91 Å². The highest BCUT2D eigenvalue weighted by molar-refractivity contribution is 5.78. The maximum absolute atomic E-state index is 13.4. The largest absolute Gasteiger partial charge is 0.481 e. The number of hydrogen-bond acceptors (Lipinski definition) is 2. The summed E-state index contributed by atoms with van der Waals surface area (Å²) in [7, 11) is 0. The van der Waals surface area contributed by atoms with Crippen molar-refractivity contribution >= 4 is 11.9 Å². The zero-order valence-corrected chi connectivity index (χ0v) is 12.3. The SMILES string of the molecule is CCC(CCNC(=O)Cc1ccccc1F)CCC(=O)O. The lowest BCUT2D eigenvalue weighted by atomic mass is 9.96. The van der Waals surface area contributed by atoms with E-state index in [1.54, 1.807) is 18.2 Å². The second-order valence-electron chi connectivity index (χ2n) is 5.11. The molecule has 1 rings (SSSR count). The number of carboxylic acid groups (broad SMARTS) is 1. The van der Waals surface area contributed by atoms with E-state index in [0.29, 0.717) is 18.5 Å². The molecule has 1 aromatic rings. The molecule has 0 heterocycles. The van der Waals surface area contributed by atoms with Crippen molar-refractivity contribution in [3.05, 3.63) is 35.6 Å². The monoisotopic (exact) mass is 295 g/mol. The Hall–Kier alpha value is -1.91. The smallest absolute Gasteiger partial charge is 0.303 e. The molecule has 0 spiro atoms. The van der Waals surface area contributed by atoms with E-state index < -0.39 is 5.97 Å². The second-order valence-corrected chi connectivity index (χ2v) is 5.11. The third-order valence-electron chi connectivity index (χ3n) is 3.53. The highest BCUT2D eigenvalue weighted by Crippen LogP contribution is 2.14. The normalized spacial score (nSPS) is 11.9. The second kappa shape index (κ2) is 9.10. The van der Waals surface area contributed by atoms with E-state index in [1.807, 2.05) is 6.92 Å². The minimum atomic E-state index is -0.794. The number of hydrogen-bond donors (Lipinski definition) is 2. The molecule has 2 N–H and O–H groups in total. The van der Waals surface area contributed by atoms with Gasteiger partial charge in [0.15, 0.2) is 0 Å². The van der Waals surface area contributed by atoms with Crippen molar-refractivity contribution in [2.24, 2.45) is 5.92 Å². The van der Waals surface area contributed by atoms with Crippen molar-refractivity contribution in [3.8, 4) is 0 Å². The van der Waals surface area contributed by atoms with Crippen LogP contribution in [-0.2, 0) is 16.0 Å².